The van der Waals surface area contributed by atoms with Crippen LogP contribution in [0, 0.1) is 0 Å². The molecule has 0 radical (unpaired) electrons. The first-order valence-electron chi connectivity index (χ1n) is 6.62. The minimum absolute atomic E-state index is 0.387. The van der Waals surface area contributed by atoms with Gasteiger partial charge in [-0.15, -0.1) is 0 Å². The second-order valence-electron chi connectivity index (χ2n) is 5.19. The zero-order valence-corrected chi connectivity index (χ0v) is 10.4. The van der Waals surface area contributed by atoms with Crippen molar-refractivity contribution < 1.29 is 4.79 Å². The van der Waals surface area contributed by atoms with Gasteiger partial charge in [0.2, 0.25) is 5.91 Å². The quantitative estimate of drug-likeness (QED) is 0.741. The van der Waals surface area contributed by atoms with Crippen LogP contribution in [0.2, 0.25) is 0 Å². The number of benzene rings is 1. The van der Waals surface area contributed by atoms with E-state index in [4.69, 9.17) is 5.73 Å². The third-order valence-corrected chi connectivity index (χ3v) is 4.04. The summed E-state index contributed by atoms with van der Waals surface area (Å²) in [5.74, 6) is 0.196. The molecule has 0 bridgehead atoms. The van der Waals surface area contributed by atoms with Gasteiger partial charge in [-0.25, -0.2) is 0 Å². The van der Waals surface area contributed by atoms with Crippen molar-refractivity contribution in [1.29, 1.82) is 0 Å². The first-order chi connectivity index (χ1) is 8.75. The van der Waals surface area contributed by atoms with Gasteiger partial charge in [0.25, 0.3) is 0 Å². The third kappa shape index (κ3) is 1.90. The highest BCUT2D eigenvalue weighted by atomic mass is 16.1. The molecular weight excluding hydrogens is 224 g/mol. The van der Waals surface area contributed by atoms with Crippen LogP contribution in [0.3, 0.4) is 0 Å². The molecular formula is C15H18N2O. The predicted octanol–water partition coefficient (Wildman–Crippen LogP) is 2.14. The number of rotatable bonds is 1. The van der Waals surface area contributed by atoms with Crippen molar-refractivity contribution in [2.24, 2.45) is 5.73 Å². The number of carbonyl (C=O) groups is 1. The molecule has 1 fully saturated rings. The van der Waals surface area contributed by atoms with E-state index in [1.54, 1.807) is 0 Å². The fraction of sp³-hybridized carbons (Fsp3) is 0.400. The molecule has 2 unspecified atom stereocenters. The second kappa shape index (κ2) is 4.48. The molecule has 1 aromatic rings. The fourth-order valence-corrected chi connectivity index (χ4v) is 3.28. The monoisotopic (exact) mass is 242 g/mol. The van der Waals surface area contributed by atoms with E-state index in [9.17, 15) is 4.79 Å². The standard InChI is InChI=1S/C15H18N2O/c16-15(18)9-14-12-7-2-1-5-10(12)11-6-3-4-8-13(11)17-14/h1-2,5,7,9,11,13,17H,3-4,6,8H2,(H2,16,18)/b14-9-. The van der Waals surface area contributed by atoms with Gasteiger partial charge < -0.3 is 11.1 Å². The number of nitrogens with two attached hydrogens (primary N) is 1. The molecule has 0 aromatic heterocycles. The molecule has 94 valence electrons. The zero-order chi connectivity index (χ0) is 12.5. The molecule has 3 rings (SSSR count). The zero-order valence-electron chi connectivity index (χ0n) is 10.4. The second-order valence-corrected chi connectivity index (χ2v) is 5.19. The van der Waals surface area contributed by atoms with Crippen molar-refractivity contribution in [2.75, 3.05) is 0 Å². The van der Waals surface area contributed by atoms with E-state index in [1.165, 1.54) is 37.3 Å². The number of hydrogen-bond donors (Lipinski definition) is 2. The largest absolute Gasteiger partial charge is 0.381 e. The maximum atomic E-state index is 11.1. The number of hydrogen-bond acceptors (Lipinski definition) is 2. The van der Waals surface area contributed by atoms with Gasteiger partial charge >= 0.3 is 0 Å². The number of carbonyl (C=O) groups excluding carboxylic acids is 1. The van der Waals surface area contributed by atoms with Crippen molar-refractivity contribution in [3.8, 4) is 0 Å². The fourth-order valence-electron chi connectivity index (χ4n) is 3.28. The lowest BCUT2D eigenvalue weighted by molar-refractivity contribution is -0.113. The number of amides is 1. The number of nitrogens with one attached hydrogen (secondary N) is 1. The predicted molar refractivity (Wildman–Crippen MR) is 71.7 cm³/mol. The maximum Gasteiger partial charge on any atom is 0.243 e. The smallest absolute Gasteiger partial charge is 0.243 e. The Labute approximate surface area is 107 Å². The van der Waals surface area contributed by atoms with E-state index in [2.05, 4.69) is 23.5 Å². The van der Waals surface area contributed by atoms with Crippen LogP contribution < -0.4 is 11.1 Å². The van der Waals surface area contributed by atoms with Crippen LogP contribution in [0.15, 0.2) is 30.3 Å². The average Bonchev–Trinajstić information content (AvgIpc) is 2.38. The van der Waals surface area contributed by atoms with Gasteiger partial charge in [0.05, 0.1) is 0 Å². The Morgan fingerprint density at radius 3 is 2.89 bits per heavy atom. The molecule has 1 aromatic carbocycles. The van der Waals surface area contributed by atoms with Gasteiger partial charge in [0, 0.05) is 29.3 Å². The maximum absolute atomic E-state index is 11.1. The molecule has 2 aliphatic rings. The summed E-state index contributed by atoms with van der Waals surface area (Å²) in [6.07, 6.45) is 6.49. The molecule has 0 saturated heterocycles. The summed E-state index contributed by atoms with van der Waals surface area (Å²) in [6.45, 7) is 0. The Morgan fingerprint density at radius 2 is 2.06 bits per heavy atom. The first-order valence-corrected chi connectivity index (χ1v) is 6.62. The van der Waals surface area contributed by atoms with Gasteiger partial charge in [0.15, 0.2) is 0 Å². The molecule has 1 aliphatic heterocycles. The first kappa shape index (κ1) is 11.3. The van der Waals surface area contributed by atoms with Crippen molar-refractivity contribution >= 4 is 11.6 Å². The van der Waals surface area contributed by atoms with E-state index in [0.29, 0.717) is 12.0 Å². The highest BCUT2D eigenvalue weighted by molar-refractivity contribution is 5.94. The van der Waals surface area contributed by atoms with Crippen LogP contribution >= 0.6 is 0 Å². The van der Waals surface area contributed by atoms with Crippen LogP contribution in [-0.4, -0.2) is 11.9 Å². The van der Waals surface area contributed by atoms with Gasteiger partial charge in [-0.3, -0.25) is 4.79 Å². The van der Waals surface area contributed by atoms with E-state index >= 15 is 0 Å². The lowest BCUT2D eigenvalue weighted by Crippen LogP contribution is -2.40. The molecule has 0 spiro atoms. The Hall–Kier alpha value is -1.77. The van der Waals surface area contributed by atoms with Crippen LogP contribution in [0.1, 0.15) is 42.7 Å². The molecule has 3 nitrogen and oxygen atoms in total. The van der Waals surface area contributed by atoms with Gasteiger partial charge in [-0.05, 0) is 18.4 Å². The summed E-state index contributed by atoms with van der Waals surface area (Å²) in [6, 6.07) is 8.81. The topological polar surface area (TPSA) is 55.1 Å². The molecule has 1 aliphatic carbocycles. The Morgan fingerprint density at radius 1 is 1.28 bits per heavy atom. The minimum Gasteiger partial charge on any atom is -0.381 e. The Balaban J connectivity index is 2.07. The van der Waals surface area contributed by atoms with E-state index < -0.39 is 0 Å². The van der Waals surface area contributed by atoms with Gasteiger partial charge in [-0.2, -0.15) is 0 Å². The molecule has 1 amide bonds. The molecule has 18 heavy (non-hydrogen) atoms. The summed E-state index contributed by atoms with van der Waals surface area (Å²) in [7, 11) is 0. The Kier molecular flexibility index (Phi) is 2.82. The molecule has 3 heteroatoms. The van der Waals surface area contributed by atoms with Gasteiger partial charge in [-0.1, -0.05) is 37.1 Å². The molecule has 2 atom stereocenters. The lowest BCUT2D eigenvalue weighted by Gasteiger charge is -2.39. The summed E-state index contributed by atoms with van der Waals surface area (Å²) in [5, 5.41) is 3.50. The third-order valence-electron chi connectivity index (χ3n) is 4.04. The summed E-state index contributed by atoms with van der Waals surface area (Å²) in [4.78, 5) is 11.1. The molecule has 1 heterocycles. The normalized spacial score (nSPS) is 28.1. The summed E-state index contributed by atoms with van der Waals surface area (Å²) < 4.78 is 0. The van der Waals surface area contributed by atoms with Crippen LogP contribution in [0.5, 0.6) is 0 Å². The van der Waals surface area contributed by atoms with E-state index in [-0.39, 0.29) is 5.91 Å². The van der Waals surface area contributed by atoms with Crippen LogP contribution in [0.4, 0.5) is 0 Å². The molecule has 1 saturated carbocycles. The SMILES string of the molecule is NC(=O)/C=C1\NC2CCCCC2c2ccccc21. The van der Waals surface area contributed by atoms with Crippen LogP contribution in [0.25, 0.3) is 5.70 Å². The summed E-state index contributed by atoms with van der Waals surface area (Å²) >= 11 is 0. The lowest BCUT2D eigenvalue weighted by atomic mass is 9.75. The average molecular weight is 242 g/mol. The van der Waals surface area contributed by atoms with Gasteiger partial charge in [0.1, 0.15) is 0 Å². The molecule has 3 N–H and O–H groups in total. The highest BCUT2D eigenvalue weighted by Gasteiger charge is 2.33. The van der Waals surface area contributed by atoms with Crippen LogP contribution in [-0.2, 0) is 4.79 Å². The number of primary amides is 1. The van der Waals surface area contributed by atoms with Crippen molar-refractivity contribution in [3.63, 3.8) is 0 Å². The number of fused-ring (bicyclic) bond motifs is 3. The Bertz CT molecular complexity index is 507. The summed E-state index contributed by atoms with van der Waals surface area (Å²) in [5.41, 5.74) is 8.69. The van der Waals surface area contributed by atoms with Crippen molar-refractivity contribution in [1.82, 2.24) is 5.32 Å². The highest BCUT2D eigenvalue weighted by Crippen LogP contribution is 2.40. The van der Waals surface area contributed by atoms with E-state index in [1.807, 2.05) is 6.07 Å². The van der Waals surface area contributed by atoms with Crippen molar-refractivity contribution in [2.45, 2.75) is 37.6 Å². The van der Waals surface area contributed by atoms with Crippen molar-refractivity contribution in [3.05, 3.63) is 41.5 Å². The minimum atomic E-state index is -0.387. The van der Waals surface area contributed by atoms with E-state index in [0.717, 1.165) is 11.3 Å².